The first-order chi connectivity index (χ1) is 8.78. The highest BCUT2D eigenvalue weighted by molar-refractivity contribution is 5.83. The number of rotatable bonds is 6. The second-order valence-electron chi connectivity index (χ2n) is 5.76. The molecular formula is C13H21N3O3. The fourth-order valence-electron chi connectivity index (χ4n) is 1.62. The van der Waals surface area contributed by atoms with E-state index in [1.54, 1.807) is 18.5 Å². The highest BCUT2D eigenvalue weighted by atomic mass is 16.4. The zero-order valence-electron chi connectivity index (χ0n) is 11.6. The van der Waals surface area contributed by atoms with Crippen molar-refractivity contribution in [1.29, 1.82) is 0 Å². The lowest BCUT2D eigenvalue weighted by Gasteiger charge is -2.21. The van der Waals surface area contributed by atoms with Gasteiger partial charge in [0.05, 0.1) is 0 Å². The van der Waals surface area contributed by atoms with Gasteiger partial charge in [-0.1, -0.05) is 20.8 Å². The lowest BCUT2D eigenvalue weighted by molar-refractivity contribution is -0.142. The van der Waals surface area contributed by atoms with E-state index in [0.717, 1.165) is 6.42 Å². The lowest BCUT2D eigenvalue weighted by atomic mass is 9.88. The summed E-state index contributed by atoms with van der Waals surface area (Å²) in [7, 11) is 0. The summed E-state index contributed by atoms with van der Waals surface area (Å²) in [5.41, 5.74) is 0.0421. The molecule has 0 aromatic carbocycles. The maximum Gasteiger partial charge on any atom is 0.326 e. The van der Waals surface area contributed by atoms with Crippen LogP contribution in [-0.4, -0.2) is 32.8 Å². The number of hydrogen-bond donors (Lipinski definition) is 2. The summed E-state index contributed by atoms with van der Waals surface area (Å²) in [6, 6.07) is 0.865. The van der Waals surface area contributed by atoms with Crippen LogP contribution in [0.25, 0.3) is 0 Å². The molecule has 1 heterocycles. The molecule has 1 aromatic rings. The quantitative estimate of drug-likeness (QED) is 0.813. The molecule has 0 aliphatic rings. The molecule has 6 nitrogen and oxygen atoms in total. The van der Waals surface area contributed by atoms with E-state index >= 15 is 0 Å². The monoisotopic (exact) mass is 267 g/mol. The van der Waals surface area contributed by atoms with Gasteiger partial charge in [0.15, 0.2) is 0 Å². The Hall–Kier alpha value is -1.85. The number of carboxylic acids is 1. The van der Waals surface area contributed by atoms with Crippen molar-refractivity contribution in [1.82, 2.24) is 15.1 Å². The van der Waals surface area contributed by atoms with Crippen molar-refractivity contribution < 1.29 is 14.7 Å². The van der Waals surface area contributed by atoms with Crippen molar-refractivity contribution in [3.63, 3.8) is 0 Å². The predicted octanol–water partition coefficient (Wildman–Crippen LogP) is 1.28. The van der Waals surface area contributed by atoms with E-state index < -0.39 is 12.0 Å². The third-order valence-electron chi connectivity index (χ3n) is 2.68. The minimum Gasteiger partial charge on any atom is -0.480 e. The second kappa shape index (κ2) is 6.36. The summed E-state index contributed by atoms with van der Waals surface area (Å²) < 4.78 is 1.46. The Bertz CT molecular complexity index is 421. The Kier molecular flexibility index (Phi) is 5.09. The number of aliphatic carboxylic acids is 1. The molecule has 0 aliphatic heterocycles. The summed E-state index contributed by atoms with van der Waals surface area (Å²) in [6.45, 7) is 6.15. The molecule has 0 spiro atoms. The first-order valence-electron chi connectivity index (χ1n) is 6.27. The standard InChI is InChI=1S/C13H21N3O3/c1-13(2,3)6-5-10(12(18)19)15-11(17)9-16-8-4-7-14-16/h4,7-8,10H,5-6,9H2,1-3H3,(H,15,17)(H,18,19). The number of nitrogens with one attached hydrogen (secondary N) is 1. The lowest BCUT2D eigenvalue weighted by Crippen LogP contribution is -2.42. The first-order valence-corrected chi connectivity index (χ1v) is 6.27. The van der Waals surface area contributed by atoms with E-state index in [1.807, 2.05) is 20.8 Å². The summed E-state index contributed by atoms with van der Waals surface area (Å²) in [4.78, 5) is 22.8. The van der Waals surface area contributed by atoms with Crippen LogP contribution in [0.15, 0.2) is 18.5 Å². The van der Waals surface area contributed by atoms with Crippen molar-refractivity contribution in [2.75, 3.05) is 0 Å². The van der Waals surface area contributed by atoms with Crippen LogP contribution in [0, 0.1) is 5.41 Å². The van der Waals surface area contributed by atoms with Crippen LogP contribution in [0.1, 0.15) is 33.6 Å². The fraction of sp³-hybridized carbons (Fsp3) is 0.615. The zero-order valence-corrected chi connectivity index (χ0v) is 11.6. The molecule has 0 fully saturated rings. The fourth-order valence-corrected chi connectivity index (χ4v) is 1.62. The number of carbonyl (C=O) groups excluding carboxylic acids is 1. The van der Waals surface area contributed by atoms with Gasteiger partial charge >= 0.3 is 5.97 Å². The Morgan fingerprint density at radius 1 is 1.42 bits per heavy atom. The SMILES string of the molecule is CC(C)(C)CCC(NC(=O)Cn1cccn1)C(=O)O. The molecule has 0 bridgehead atoms. The number of nitrogens with zero attached hydrogens (tertiary/aromatic N) is 2. The Labute approximate surface area is 112 Å². The summed E-state index contributed by atoms with van der Waals surface area (Å²) in [5.74, 6) is -1.34. The molecule has 106 valence electrons. The average molecular weight is 267 g/mol. The summed E-state index contributed by atoms with van der Waals surface area (Å²) in [6.07, 6.45) is 4.38. The van der Waals surface area contributed by atoms with E-state index in [0.29, 0.717) is 6.42 Å². The summed E-state index contributed by atoms with van der Waals surface area (Å²) >= 11 is 0. The predicted molar refractivity (Wildman–Crippen MR) is 70.5 cm³/mol. The topological polar surface area (TPSA) is 84.2 Å². The van der Waals surface area contributed by atoms with Gasteiger partial charge < -0.3 is 10.4 Å². The van der Waals surface area contributed by atoms with Crippen LogP contribution in [0.3, 0.4) is 0 Å². The molecule has 0 saturated heterocycles. The molecule has 1 amide bonds. The number of hydrogen-bond acceptors (Lipinski definition) is 3. The van der Waals surface area contributed by atoms with Gasteiger partial charge in [0.2, 0.25) is 5.91 Å². The van der Waals surface area contributed by atoms with Crippen LogP contribution < -0.4 is 5.32 Å². The van der Waals surface area contributed by atoms with Gasteiger partial charge in [0, 0.05) is 12.4 Å². The molecular weight excluding hydrogens is 246 g/mol. The van der Waals surface area contributed by atoms with Crippen molar-refractivity contribution in [3.8, 4) is 0 Å². The van der Waals surface area contributed by atoms with Crippen molar-refractivity contribution in [3.05, 3.63) is 18.5 Å². The molecule has 0 radical (unpaired) electrons. The zero-order chi connectivity index (χ0) is 14.5. The van der Waals surface area contributed by atoms with Crippen LogP contribution in [0.4, 0.5) is 0 Å². The maximum absolute atomic E-state index is 11.7. The minimum absolute atomic E-state index is 0.0340. The highest BCUT2D eigenvalue weighted by Crippen LogP contribution is 2.21. The smallest absolute Gasteiger partial charge is 0.326 e. The molecule has 2 N–H and O–H groups in total. The maximum atomic E-state index is 11.7. The highest BCUT2D eigenvalue weighted by Gasteiger charge is 2.22. The molecule has 1 aromatic heterocycles. The number of amides is 1. The van der Waals surface area contributed by atoms with Gasteiger partial charge in [-0.25, -0.2) is 4.79 Å². The van der Waals surface area contributed by atoms with Crippen LogP contribution in [-0.2, 0) is 16.1 Å². The largest absolute Gasteiger partial charge is 0.480 e. The van der Waals surface area contributed by atoms with Crippen molar-refractivity contribution in [2.24, 2.45) is 5.41 Å². The third kappa shape index (κ3) is 6.03. The van der Waals surface area contributed by atoms with E-state index in [2.05, 4.69) is 10.4 Å². The average Bonchev–Trinajstić information content (AvgIpc) is 2.75. The van der Waals surface area contributed by atoms with Crippen molar-refractivity contribution in [2.45, 2.75) is 46.2 Å². The van der Waals surface area contributed by atoms with Gasteiger partial charge in [-0.15, -0.1) is 0 Å². The van der Waals surface area contributed by atoms with E-state index in [1.165, 1.54) is 4.68 Å². The van der Waals surface area contributed by atoms with Gasteiger partial charge in [-0.05, 0) is 24.3 Å². The third-order valence-corrected chi connectivity index (χ3v) is 2.68. The molecule has 0 aliphatic carbocycles. The van der Waals surface area contributed by atoms with E-state index in [-0.39, 0.29) is 17.9 Å². The summed E-state index contributed by atoms with van der Waals surface area (Å²) in [5, 5.41) is 15.5. The van der Waals surface area contributed by atoms with Crippen LogP contribution >= 0.6 is 0 Å². The van der Waals surface area contributed by atoms with Crippen LogP contribution in [0.2, 0.25) is 0 Å². The molecule has 1 rings (SSSR count). The molecule has 1 unspecified atom stereocenters. The van der Waals surface area contributed by atoms with Gasteiger partial charge in [0.1, 0.15) is 12.6 Å². The van der Waals surface area contributed by atoms with E-state index in [4.69, 9.17) is 5.11 Å². The number of carbonyl (C=O) groups is 2. The van der Waals surface area contributed by atoms with Crippen LogP contribution in [0.5, 0.6) is 0 Å². The molecule has 6 heteroatoms. The second-order valence-corrected chi connectivity index (χ2v) is 5.76. The molecule has 1 atom stereocenters. The van der Waals surface area contributed by atoms with Crippen molar-refractivity contribution >= 4 is 11.9 Å². The van der Waals surface area contributed by atoms with Gasteiger partial charge in [-0.3, -0.25) is 9.48 Å². The Balaban J connectivity index is 2.49. The minimum atomic E-state index is -1.00. The Morgan fingerprint density at radius 2 is 2.11 bits per heavy atom. The number of carboxylic acid groups (broad SMARTS) is 1. The Morgan fingerprint density at radius 3 is 2.58 bits per heavy atom. The van der Waals surface area contributed by atoms with E-state index in [9.17, 15) is 9.59 Å². The molecule has 19 heavy (non-hydrogen) atoms. The normalized spacial score (nSPS) is 13.0. The number of aromatic nitrogens is 2. The molecule has 0 saturated carbocycles. The van der Waals surface area contributed by atoms with Gasteiger partial charge in [0.25, 0.3) is 0 Å². The van der Waals surface area contributed by atoms with Gasteiger partial charge in [-0.2, -0.15) is 5.10 Å². The first kappa shape index (κ1) is 15.2.